The van der Waals surface area contributed by atoms with Crippen molar-refractivity contribution in [3.05, 3.63) is 24.3 Å². The molecule has 0 spiro atoms. The predicted octanol–water partition coefficient (Wildman–Crippen LogP) is 2.17. The van der Waals surface area contributed by atoms with Crippen molar-refractivity contribution in [1.29, 1.82) is 0 Å². The van der Waals surface area contributed by atoms with Gasteiger partial charge in [-0.05, 0) is 63.9 Å². The van der Waals surface area contributed by atoms with Crippen LogP contribution in [-0.2, 0) is 4.79 Å². The van der Waals surface area contributed by atoms with Crippen LogP contribution in [-0.4, -0.2) is 54.7 Å². The van der Waals surface area contributed by atoms with Crippen LogP contribution in [0.25, 0.3) is 0 Å². The van der Waals surface area contributed by atoms with Crippen LogP contribution in [0.5, 0.6) is 0 Å². The van der Waals surface area contributed by atoms with Crippen LogP contribution in [0.1, 0.15) is 27.2 Å². The van der Waals surface area contributed by atoms with Crippen molar-refractivity contribution in [1.82, 2.24) is 4.90 Å². The van der Waals surface area contributed by atoms with Gasteiger partial charge in [0.2, 0.25) is 5.91 Å². The number of aliphatic hydroxyl groups excluding tert-OH is 1. The minimum absolute atomic E-state index is 0.00699. The average Bonchev–Trinajstić information content (AvgIpc) is 2.96. The number of hydrogen-bond acceptors (Lipinski definition) is 4. The normalized spacial score (nSPS) is 18.4. The summed E-state index contributed by atoms with van der Waals surface area (Å²) in [4.78, 5) is 16.5. The maximum absolute atomic E-state index is 12.1. The third-order valence-corrected chi connectivity index (χ3v) is 4.44. The zero-order valence-corrected chi connectivity index (χ0v) is 14.5. The summed E-state index contributed by atoms with van der Waals surface area (Å²) in [5.41, 5.74) is 2.00. The largest absolute Gasteiger partial charge is 0.396 e. The van der Waals surface area contributed by atoms with E-state index in [1.54, 1.807) is 0 Å². The molecule has 1 aromatic carbocycles. The van der Waals surface area contributed by atoms with Gasteiger partial charge in [0.05, 0.1) is 6.54 Å². The Morgan fingerprint density at radius 3 is 2.61 bits per heavy atom. The molecule has 2 rings (SSSR count). The SMILES string of the molecule is CCN(c1ccc(NC(=O)CN2CCC(CO)C2)cc1)C(C)C. The molecule has 5 nitrogen and oxygen atoms in total. The molecule has 1 aliphatic heterocycles. The number of amides is 1. The Labute approximate surface area is 139 Å². The highest BCUT2D eigenvalue weighted by atomic mass is 16.3. The first-order valence-electron chi connectivity index (χ1n) is 8.53. The quantitative estimate of drug-likeness (QED) is 0.809. The highest BCUT2D eigenvalue weighted by molar-refractivity contribution is 5.92. The topological polar surface area (TPSA) is 55.8 Å². The fourth-order valence-electron chi connectivity index (χ4n) is 3.19. The summed E-state index contributed by atoms with van der Waals surface area (Å²) in [6, 6.07) is 8.47. The molecule has 1 unspecified atom stereocenters. The first-order chi connectivity index (χ1) is 11.0. The van der Waals surface area contributed by atoms with E-state index in [2.05, 4.69) is 48.0 Å². The number of likely N-dealkylation sites (tertiary alicyclic amines) is 1. The van der Waals surface area contributed by atoms with E-state index < -0.39 is 0 Å². The highest BCUT2D eigenvalue weighted by Gasteiger charge is 2.23. The van der Waals surface area contributed by atoms with E-state index in [0.717, 1.165) is 31.7 Å². The molecule has 0 aromatic heterocycles. The van der Waals surface area contributed by atoms with Gasteiger partial charge in [0, 0.05) is 37.1 Å². The van der Waals surface area contributed by atoms with Crippen LogP contribution < -0.4 is 10.2 Å². The van der Waals surface area contributed by atoms with E-state index in [9.17, 15) is 4.79 Å². The third kappa shape index (κ3) is 4.94. The van der Waals surface area contributed by atoms with Crippen molar-refractivity contribution in [2.24, 2.45) is 5.92 Å². The van der Waals surface area contributed by atoms with Gasteiger partial charge in [0.15, 0.2) is 0 Å². The van der Waals surface area contributed by atoms with Crippen molar-refractivity contribution in [3.63, 3.8) is 0 Å². The Bertz CT molecular complexity index is 501. The summed E-state index contributed by atoms with van der Waals surface area (Å²) < 4.78 is 0. The van der Waals surface area contributed by atoms with E-state index in [0.29, 0.717) is 18.5 Å². The molecule has 0 radical (unpaired) electrons. The zero-order valence-electron chi connectivity index (χ0n) is 14.5. The first-order valence-corrected chi connectivity index (χ1v) is 8.53. The monoisotopic (exact) mass is 319 g/mol. The Hall–Kier alpha value is -1.59. The van der Waals surface area contributed by atoms with Crippen LogP contribution in [0.3, 0.4) is 0 Å². The molecule has 1 saturated heterocycles. The van der Waals surface area contributed by atoms with Gasteiger partial charge in [-0.15, -0.1) is 0 Å². The summed E-state index contributed by atoms with van der Waals surface area (Å²) >= 11 is 0. The van der Waals surface area contributed by atoms with Crippen LogP contribution >= 0.6 is 0 Å². The summed E-state index contributed by atoms with van der Waals surface area (Å²) in [6.07, 6.45) is 0.973. The number of benzene rings is 1. The summed E-state index contributed by atoms with van der Waals surface area (Å²) in [5.74, 6) is 0.325. The van der Waals surface area contributed by atoms with Gasteiger partial charge in [0.1, 0.15) is 0 Å². The Morgan fingerprint density at radius 1 is 1.39 bits per heavy atom. The third-order valence-electron chi connectivity index (χ3n) is 4.44. The van der Waals surface area contributed by atoms with E-state index in [4.69, 9.17) is 5.11 Å². The number of rotatable bonds is 7. The smallest absolute Gasteiger partial charge is 0.238 e. The molecule has 128 valence electrons. The average molecular weight is 319 g/mol. The Balaban J connectivity index is 1.87. The van der Waals surface area contributed by atoms with Crippen LogP contribution in [0.4, 0.5) is 11.4 Å². The van der Waals surface area contributed by atoms with Crippen molar-refractivity contribution >= 4 is 17.3 Å². The summed E-state index contributed by atoms with van der Waals surface area (Å²) in [7, 11) is 0. The second-order valence-corrected chi connectivity index (χ2v) is 6.55. The number of nitrogens with one attached hydrogen (secondary N) is 1. The molecule has 23 heavy (non-hydrogen) atoms. The summed E-state index contributed by atoms with van der Waals surface area (Å²) in [6.45, 7) is 9.76. The lowest BCUT2D eigenvalue weighted by Crippen LogP contribution is -2.32. The molecule has 1 fully saturated rings. The van der Waals surface area contributed by atoms with Crippen molar-refractivity contribution < 1.29 is 9.90 Å². The van der Waals surface area contributed by atoms with Gasteiger partial charge in [-0.1, -0.05) is 0 Å². The van der Waals surface area contributed by atoms with Crippen LogP contribution in [0.15, 0.2) is 24.3 Å². The lowest BCUT2D eigenvalue weighted by Gasteiger charge is -2.27. The molecule has 1 amide bonds. The number of anilines is 2. The molecule has 1 atom stereocenters. The number of aliphatic hydroxyl groups is 1. The molecule has 0 bridgehead atoms. The molecular formula is C18H29N3O2. The standard InChI is InChI=1S/C18H29N3O2/c1-4-21(14(2)3)17-7-5-16(6-8-17)19-18(23)12-20-10-9-15(11-20)13-22/h5-8,14-15,22H,4,9-13H2,1-3H3,(H,19,23). The molecule has 2 N–H and O–H groups in total. The van der Waals surface area contributed by atoms with Crippen molar-refractivity contribution in [3.8, 4) is 0 Å². The fraction of sp³-hybridized carbons (Fsp3) is 0.611. The maximum Gasteiger partial charge on any atom is 0.238 e. The second-order valence-electron chi connectivity index (χ2n) is 6.55. The van der Waals surface area contributed by atoms with Crippen molar-refractivity contribution in [2.45, 2.75) is 33.2 Å². The Morgan fingerprint density at radius 2 is 2.09 bits per heavy atom. The molecule has 1 aliphatic rings. The second kappa shape index (κ2) is 8.31. The van der Waals surface area contributed by atoms with E-state index >= 15 is 0 Å². The summed E-state index contributed by atoms with van der Waals surface area (Å²) in [5, 5.41) is 12.1. The minimum Gasteiger partial charge on any atom is -0.396 e. The van der Waals surface area contributed by atoms with Crippen molar-refractivity contribution in [2.75, 3.05) is 43.0 Å². The molecule has 0 aliphatic carbocycles. The van der Waals surface area contributed by atoms with E-state index in [-0.39, 0.29) is 12.5 Å². The first kappa shape index (κ1) is 17.8. The Kier molecular flexibility index (Phi) is 6.42. The predicted molar refractivity (Wildman–Crippen MR) is 94.9 cm³/mol. The van der Waals surface area contributed by atoms with E-state index in [1.807, 2.05) is 12.1 Å². The lowest BCUT2D eigenvalue weighted by molar-refractivity contribution is -0.117. The number of hydrogen-bond donors (Lipinski definition) is 2. The maximum atomic E-state index is 12.1. The lowest BCUT2D eigenvalue weighted by atomic mass is 10.1. The highest BCUT2D eigenvalue weighted by Crippen LogP contribution is 2.20. The molecule has 1 heterocycles. The van der Waals surface area contributed by atoms with Gasteiger partial charge in [-0.2, -0.15) is 0 Å². The fourth-order valence-corrected chi connectivity index (χ4v) is 3.19. The van der Waals surface area contributed by atoms with E-state index in [1.165, 1.54) is 5.69 Å². The molecule has 5 heteroatoms. The zero-order chi connectivity index (χ0) is 16.8. The van der Waals surface area contributed by atoms with Gasteiger partial charge in [-0.25, -0.2) is 0 Å². The number of carbonyl (C=O) groups is 1. The molecular weight excluding hydrogens is 290 g/mol. The number of carbonyl (C=O) groups excluding carboxylic acids is 1. The van der Waals surface area contributed by atoms with Crippen LogP contribution in [0.2, 0.25) is 0 Å². The minimum atomic E-state index is 0.00699. The van der Waals surface area contributed by atoms with Crippen LogP contribution in [0, 0.1) is 5.92 Å². The van der Waals surface area contributed by atoms with Gasteiger partial charge >= 0.3 is 0 Å². The van der Waals surface area contributed by atoms with Gasteiger partial charge < -0.3 is 15.3 Å². The number of nitrogens with zero attached hydrogens (tertiary/aromatic N) is 2. The molecule has 0 saturated carbocycles. The van der Waals surface area contributed by atoms with Gasteiger partial charge in [-0.3, -0.25) is 9.69 Å². The van der Waals surface area contributed by atoms with Gasteiger partial charge in [0.25, 0.3) is 0 Å². The molecule has 1 aromatic rings.